The van der Waals surface area contributed by atoms with Gasteiger partial charge >= 0.3 is 0 Å². The second-order valence-corrected chi connectivity index (χ2v) is 3.70. The zero-order chi connectivity index (χ0) is 9.97. The van der Waals surface area contributed by atoms with E-state index in [-0.39, 0.29) is 0 Å². The molecule has 2 nitrogen and oxygen atoms in total. The van der Waals surface area contributed by atoms with Crippen molar-refractivity contribution in [2.24, 2.45) is 0 Å². The van der Waals surface area contributed by atoms with E-state index in [2.05, 4.69) is 36.0 Å². The van der Waals surface area contributed by atoms with Crippen molar-refractivity contribution >= 4 is 0 Å². The Morgan fingerprint density at radius 3 is 3.00 bits per heavy atom. The fourth-order valence-electron chi connectivity index (χ4n) is 2.08. The maximum Gasteiger partial charge on any atom is 0.0586 e. The van der Waals surface area contributed by atoms with Gasteiger partial charge in [-0.2, -0.15) is 0 Å². The maximum atomic E-state index is 4.16. The number of allylic oxidation sites excluding steroid dienone is 1. The molecule has 1 atom stereocenters. The minimum atomic E-state index is 0.499. The quantitative estimate of drug-likeness (QED) is 0.709. The normalized spacial score (nSPS) is 21.1. The molecule has 0 aliphatic carbocycles. The highest BCUT2D eigenvalue weighted by Gasteiger charge is 2.22. The molecule has 0 bridgehead atoms. The molecule has 1 aliphatic heterocycles. The van der Waals surface area contributed by atoms with E-state index in [1.807, 2.05) is 18.5 Å². The molecule has 1 unspecified atom stereocenters. The van der Waals surface area contributed by atoms with Gasteiger partial charge in [-0.1, -0.05) is 19.1 Å². The molecule has 0 N–H and O–H groups in total. The number of hydrogen-bond acceptors (Lipinski definition) is 2. The summed E-state index contributed by atoms with van der Waals surface area (Å²) in [6.07, 6.45) is 8.36. The average molecular weight is 188 g/mol. The predicted octanol–water partition coefficient (Wildman–Crippen LogP) is 2.75. The standard InChI is InChI=1S/C12H16N2/c1-3-11-6-7-12(14(11)2)10-5-4-8-13-9-10/h4-6,8-9,12H,3,7H2,1-2H3. The van der Waals surface area contributed by atoms with E-state index in [1.165, 1.54) is 11.3 Å². The Bertz CT molecular complexity index is 329. The molecule has 0 radical (unpaired) electrons. The largest absolute Gasteiger partial charge is 0.371 e. The Hall–Kier alpha value is -1.31. The Morgan fingerprint density at radius 1 is 1.57 bits per heavy atom. The SMILES string of the molecule is CCC1=CCC(c2cccnc2)N1C. The molecule has 1 aromatic rings. The lowest BCUT2D eigenvalue weighted by Gasteiger charge is -2.25. The molecule has 1 aliphatic rings. The molecule has 0 amide bonds. The Morgan fingerprint density at radius 2 is 2.43 bits per heavy atom. The molecule has 74 valence electrons. The fraction of sp³-hybridized carbons (Fsp3) is 0.417. The van der Waals surface area contributed by atoms with Gasteiger partial charge in [0.15, 0.2) is 0 Å². The highest BCUT2D eigenvalue weighted by Crippen LogP contribution is 2.33. The second-order valence-electron chi connectivity index (χ2n) is 3.70. The van der Waals surface area contributed by atoms with E-state index in [0.717, 1.165) is 12.8 Å². The van der Waals surface area contributed by atoms with Gasteiger partial charge in [0, 0.05) is 25.1 Å². The number of hydrogen-bond donors (Lipinski definition) is 0. The van der Waals surface area contributed by atoms with Crippen LogP contribution in [0.1, 0.15) is 31.4 Å². The first kappa shape index (κ1) is 9.25. The lowest BCUT2D eigenvalue weighted by Crippen LogP contribution is -2.18. The van der Waals surface area contributed by atoms with Gasteiger partial charge in [-0.15, -0.1) is 0 Å². The first-order valence-corrected chi connectivity index (χ1v) is 5.14. The second kappa shape index (κ2) is 3.82. The van der Waals surface area contributed by atoms with Gasteiger partial charge in [0.2, 0.25) is 0 Å². The molecule has 1 aromatic heterocycles. The molecular formula is C12H16N2. The van der Waals surface area contributed by atoms with Crippen LogP contribution in [0.4, 0.5) is 0 Å². The summed E-state index contributed by atoms with van der Waals surface area (Å²) in [6, 6.07) is 4.66. The lowest BCUT2D eigenvalue weighted by molar-refractivity contribution is 0.334. The summed E-state index contributed by atoms with van der Waals surface area (Å²) in [5, 5.41) is 0. The van der Waals surface area contributed by atoms with Crippen molar-refractivity contribution in [3.63, 3.8) is 0 Å². The monoisotopic (exact) mass is 188 g/mol. The van der Waals surface area contributed by atoms with Gasteiger partial charge < -0.3 is 4.90 Å². The summed E-state index contributed by atoms with van der Waals surface area (Å²) in [6.45, 7) is 2.20. The molecule has 2 heteroatoms. The smallest absolute Gasteiger partial charge is 0.0586 e. The predicted molar refractivity (Wildman–Crippen MR) is 57.7 cm³/mol. The molecule has 0 saturated heterocycles. The van der Waals surface area contributed by atoms with Crippen LogP contribution in [0.2, 0.25) is 0 Å². The molecular weight excluding hydrogens is 172 g/mol. The molecule has 0 spiro atoms. The van der Waals surface area contributed by atoms with Crippen LogP contribution in [0.25, 0.3) is 0 Å². The van der Waals surface area contributed by atoms with Crippen molar-refractivity contribution in [3.05, 3.63) is 41.9 Å². The van der Waals surface area contributed by atoms with E-state index < -0.39 is 0 Å². The molecule has 0 fully saturated rings. The summed E-state index contributed by atoms with van der Waals surface area (Å²) in [5.41, 5.74) is 2.76. The summed E-state index contributed by atoms with van der Waals surface area (Å²) in [4.78, 5) is 6.52. The van der Waals surface area contributed by atoms with Gasteiger partial charge in [0.1, 0.15) is 0 Å². The van der Waals surface area contributed by atoms with Crippen LogP contribution in [0, 0.1) is 0 Å². The Labute approximate surface area is 85.3 Å². The summed E-state index contributed by atoms with van der Waals surface area (Å²) in [5.74, 6) is 0. The maximum absolute atomic E-state index is 4.16. The fourth-order valence-corrected chi connectivity index (χ4v) is 2.08. The van der Waals surface area contributed by atoms with E-state index in [0.29, 0.717) is 6.04 Å². The highest BCUT2D eigenvalue weighted by molar-refractivity contribution is 5.22. The van der Waals surface area contributed by atoms with E-state index >= 15 is 0 Å². The van der Waals surface area contributed by atoms with Gasteiger partial charge in [0.25, 0.3) is 0 Å². The topological polar surface area (TPSA) is 16.1 Å². The van der Waals surface area contributed by atoms with Crippen molar-refractivity contribution in [3.8, 4) is 0 Å². The van der Waals surface area contributed by atoms with Crippen LogP contribution in [-0.2, 0) is 0 Å². The first-order chi connectivity index (χ1) is 6.83. The third-order valence-electron chi connectivity index (χ3n) is 2.93. The van der Waals surface area contributed by atoms with Crippen molar-refractivity contribution in [1.82, 2.24) is 9.88 Å². The number of pyridine rings is 1. The third kappa shape index (κ3) is 1.52. The van der Waals surface area contributed by atoms with Crippen LogP contribution in [0.15, 0.2) is 36.3 Å². The average Bonchev–Trinajstić information content (AvgIpc) is 2.61. The summed E-state index contributed by atoms with van der Waals surface area (Å²) in [7, 11) is 2.17. The van der Waals surface area contributed by atoms with Crippen molar-refractivity contribution in [1.29, 1.82) is 0 Å². The van der Waals surface area contributed by atoms with Crippen LogP contribution < -0.4 is 0 Å². The van der Waals surface area contributed by atoms with E-state index in [1.54, 1.807) is 0 Å². The first-order valence-electron chi connectivity index (χ1n) is 5.14. The zero-order valence-electron chi connectivity index (χ0n) is 8.77. The van der Waals surface area contributed by atoms with E-state index in [9.17, 15) is 0 Å². The highest BCUT2D eigenvalue weighted by atomic mass is 15.2. The number of aromatic nitrogens is 1. The van der Waals surface area contributed by atoms with Crippen LogP contribution in [0.3, 0.4) is 0 Å². The summed E-state index contributed by atoms with van der Waals surface area (Å²) >= 11 is 0. The third-order valence-corrected chi connectivity index (χ3v) is 2.93. The van der Waals surface area contributed by atoms with Crippen LogP contribution >= 0.6 is 0 Å². The summed E-state index contributed by atoms with van der Waals surface area (Å²) < 4.78 is 0. The minimum Gasteiger partial charge on any atom is -0.371 e. The zero-order valence-corrected chi connectivity index (χ0v) is 8.77. The number of nitrogens with zero attached hydrogens (tertiary/aromatic N) is 2. The van der Waals surface area contributed by atoms with Crippen molar-refractivity contribution in [2.75, 3.05) is 7.05 Å². The minimum absolute atomic E-state index is 0.499. The lowest BCUT2D eigenvalue weighted by atomic mass is 10.1. The van der Waals surface area contributed by atoms with Crippen LogP contribution in [0.5, 0.6) is 0 Å². The Kier molecular flexibility index (Phi) is 2.53. The van der Waals surface area contributed by atoms with Crippen molar-refractivity contribution in [2.45, 2.75) is 25.8 Å². The van der Waals surface area contributed by atoms with Crippen LogP contribution in [-0.4, -0.2) is 16.9 Å². The molecule has 2 heterocycles. The van der Waals surface area contributed by atoms with Crippen molar-refractivity contribution < 1.29 is 0 Å². The van der Waals surface area contributed by atoms with Gasteiger partial charge in [-0.05, 0) is 24.5 Å². The molecule has 0 saturated carbocycles. The number of rotatable bonds is 2. The molecule has 0 aromatic carbocycles. The molecule has 2 rings (SSSR count). The van der Waals surface area contributed by atoms with Gasteiger partial charge in [-0.3, -0.25) is 4.98 Å². The van der Waals surface area contributed by atoms with Gasteiger partial charge in [0.05, 0.1) is 6.04 Å². The van der Waals surface area contributed by atoms with Gasteiger partial charge in [-0.25, -0.2) is 0 Å². The Balaban J connectivity index is 2.17. The van der Waals surface area contributed by atoms with E-state index in [4.69, 9.17) is 0 Å². The molecule has 14 heavy (non-hydrogen) atoms.